The van der Waals surface area contributed by atoms with E-state index in [-0.39, 0.29) is 18.0 Å². The molecule has 8 heteroatoms. The highest BCUT2D eigenvalue weighted by atomic mass is 16.5. The largest absolute Gasteiger partial charge is 0.406 e. The van der Waals surface area contributed by atoms with E-state index >= 15 is 0 Å². The lowest BCUT2D eigenvalue weighted by atomic mass is 10.3. The van der Waals surface area contributed by atoms with Crippen LogP contribution in [0.25, 0.3) is 0 Å². The number of methoxy groups -OCH3 is 1. The molecule has 0 aliphatic heterocycles. The first-order chi connectivity index (χ1) is 9.58. The van der Waals surface area contributed by atoms with Crippen LogP contribution in [0.3, 0.4) is 0 Å². The van der Waals surface area contributed by atoms with E-state index in [9.17, 15) is 4.79 Å². The van der Waals surface area contributed by atoms with Gasteiger partial charge in [0.05, 0.1) is 12.6 Å². The van der Waals surface area contributed by atoms with E-state index < -0.39 is 6.04 Å². The Labute approximate surface area is 118 Å². The Balaban J connectivity index is 2.45. The molecule has 3 N–H and O–H groups in total. The summed E-state index contributed by atoms with van der Waals surface area (Å²) in [5.41, 5.74) is 0. The minimum atomic E-state index is -0.463. The normalized spacial score (nSPS) is 13.8. The molecule has 1 rings (SSSR count). The minimum Gasteiger partial charge on any atom is -0.406 e. The van der Waals surface area contributed by atoms with Crippen LogP contribution >= 0.6 is 0 Å². The molecule has 0 saturated carbocycles. The summed E-state index contributed by atoms with van der Waals surface area (Å²) in [5.74, 6) is 0.336. The smallest absolute Gasteiger partial charge is 0.316 e. The number of nitrogens with one attached hydrogen (secondary N) is 3. The molecule has 0 bridgehead atoms. The van der Waals surface area contributed by atoms with Gasteiger partial charge in [-0.25, -0.2) is 0 Å². The first kappa shape index (κ1) is 16.4. The van der Waals surface area contributed by atoms with E-state index in [4.69, 9.17) is 9.15 Å². The molecule has 1 amide bonds. The summed E-state index contributed by atoms with van der Waals surface area (Å²) in [5, 5.41) is 16.6. The minimum absolute atomic E-state index is 0.0196. The van der Waals surface area contributed by atoms with Crippen LogP contribution in [0, 0.1) is 0 Å². The average Bonchev–Trinajstić information content (AvgIpc) is 2.87. The predicted molar refractivity (Wildman–Crippen MR) is 74.4 cm³/mol. The number of hydrogen-bond donors (Lipinski definition) is 3. The number of rotatable bonds is 9. The first-order valence-electron chi connectivity index (χ1n) is 6.68. The second-order valence-corrected chi connectivity index (χ2v) is 4.37. The Bertz CT molecular complexity index is 410. The number of anilines is 1. The Kier molecular flexibility index (Phi) is 6.96. The topological polar surface area (TPSA) is 101 Å². The lowest BCUT2D eigenvalue weighted by Gasteiger charge is -2.12. The van der Waals surface area contributed by atoms with Gasteiger partial charge in [0.15, 0.2) is 0 Å². The Hall–Kier alpha value is -1.67. The molecule has 0 saturated heterocycles. The van der Waals surface area contributed by atoms with E-state index in [2.05, 4.69) is 26.1 Å². The van der Waals surface area contributed by atoms with E-state index in [0.29, 0.717) is 19.0 Å². The number of hydrogen-bond acceptors (Lipinski definition) is 7. The molecule has 0 spiro atoms. The predicted octanol–water partition coefficient (Wildman–Crippen LogP) is 0.303. The maximum Gasteiger partial charge on any atom is 0.316 e. The SMILES string of the molecule is CCNC(C)c1nnc(NC(C)C(=O)NCCOC)o1. The van der Waals surface area contributed by atoms with E-state index in [1.165, 1.54) is 0 Å². The summed E-state index contributed by atoms with van der Waals surface area (Å²) in [4.78, 5) is 11.7. The fraction of sp³-hybridized carbons (Fsp3) is 0.750. The van der Waals surface area contributed by atoms with E-state index in [1.807, 2.05) is 13.8 Å². The van der Waals surface area contributed by atoms with Crippen LogP contribution in [-0.4, -0.2) is 49.0 Å². The summed E-state index contributed by atoms with van der Waals surface area (Å²) in [7, 11) is 1.58. The van der Waals surface area contributed by atoms with Crippen LogP contribution < -0.4 is 16.0 Å². The molecule has 1 aromatic rings. The van der Waals surface area contributed by atoms with Crippen molar-refractivity contribution in [3.05, 3.63) is 5.89 Å². The van der Waals surface area contributed by atoms with Gasteiger partial charge in [0.2, 0.25) is 11.8 Å². The first-order valence-corrected chi connectivity index (χ1v) is 6.68. The van der Waals surface area contributed by atoms with E-state index in [1.54, 1.807) is 14.0 Å². The van der Waals surface area contributed by atoms with Gasteiger partial charge >= 0.3 is 6.01 Å². The van der Waals surface area contributed by atoms with Crippen molar-refractivity contribution in [3.63, 3.8) is 0 Å². The summed E-state index contributed by atoms with van der Waals surface area (Å²) in [6, 6.07) is -0.248. The molecule has 0 fully saturated rings. The van der Waals surface area contributed by atoms with Crippen LogP contribution in [0.15, 0.2) is 4.42 Å². The van der Waals surface area contributed by atoms with Gasteiger partial charge in [-0.2, -0.15) is 0 Å². The monoisotopic (exact) mass is 285 g/mol. The summed E-state index contributed by atoms with van der Waals surface area (Å²) in [6.07, 6.45) is 0. The van der Waals surface area contributed by atoms with Crippen molar-refractivity contribution in [2.24, 2.45) is 0 Å². The molecule has 0 aromatic carbocycles. The molecule has 20 heavy (non-hydrogen) atoms. The van der Waals surface area contributed by atoms with Crippen molar-refractivity contribution >= 4 is 11.9 Å². The Morgan fingerprint density at radius 1 is 1.40 bits per heavy atom. The Morgan fingerprint density at radius 2 is 2.15 bits per heavy atom. The molecular formula is C12H23N5O3. The quantitative estimate of drug-likeness (QED) is 0.561. The van der Waals surface area contributed by atoms with Gasteiger partial charge in [0, 0.05) is 13.7 Å². The Morgan fingerprint density at radius 3 is 2.80 bits per heavy atom. The number of carbonyl (C=O) groups excluding carboxylic acids is 1. The fourth-order valence-electron chi connectivity index (χ4n) is 1.54. The molecule has 0 radical (unpaired) electrons. The third kappa shape index (κ3) is 5.14. The van der Waals surface area contributed by atoms with Crippen molar-refractivity contribution < 1.29 is 13.9 Å². The number of ether oxygens (including phenoxy) is 1. The van der Waals surface area contributed by atoms with Crippen molar-refractivity contribution in [1.29, 1.82) is 0 Å². The summed E-state index contributed by atoms with van der Waals surface area (Å²) < 4.78 is 10.3. The standard InChI is InChI=1S/C12H23N5O3/c1-5-13-9(3)11-16-17-12(20-11)15-8(2)10(18)14-6-7-19-4/h8-9,13H,5-7H2,1-4H3,(H,14,18)(H,15,17). The average molecular weight is 285 g/mol. The lowest BCUT2D eigenvalue weighted by Crippen LogP contribution is -2.39. The van der Waals surface area contributed by atoms with Crippen LogP contribution in [0.4, 0.5) is 6.01 Å². The van der Waals surface area contributed by atoms with Crippen molar-refractivity contribution in [2.45, 2.75) is 32.9 Å². The zero-order chi connectivity index (χ0) is 15.0. The fourth-order valence-corrected chi connectivity index (χ4v) is 1.54. The van der Waals surface area contributed by atoms with Gasteiger partial charge in [0.25, 0.3) is 0 Å². The number of amides is 1. The van der Waals surface area contributed by atoms with Gasteiger partial charge in [-0.15, -0.1) is 5.10 Å². The van der Waals surface area contributed by atoms with Gasteiger partial charge in [0.1, 0.15) is 6.04 Å². The summed E-state index contributed by atoms with van der Waals surface area (Å²) in [6.45, 7) is 7.40. The lowest BCUT2D eigenvalue weighted by molar-refractivity contribution is -0.121. The zero-order valence-corrected chi connectivity index (χ0v) is 12.4. The number of carbonyl (C=O) groups is 1. The van der Waals surface area contributed by atoms with Crippen LogP contribution in [0.5, 0.6) is 0 Å². The highest BCUT2D eigenvalue weighted by Crippen LogP contribution is 2.13. The molecule has 8 nitrogen and oxygen atoms in total. The maximum absolute atomic E-state index is 11.7. The third-order valence-electron chi connectivity index (χ3n) is 2.66. The molecule has 1 heterocycles. The van der Waals surface area contributed by atoms with Gasteiger partial charge in [-0.05, 0) is 20.4 Å². The van der Waals surface area contributed by atoms with Gasteiger partial charge in [-0.3, -0.25) is 4.79 Å². The molecule has 2 unspecified atom stereocenters. The maximum atomic E-state index is 11.7. The molecule has 0 aliphatic rings. The number of nitrogens with zero attached hydrogens (tertiary/aromatic N) is 2. The van der Waals surface area contributed by atoms with Crippen molar-refractivity contribution in [3.8, 4) is 0 Å². The van der Waals surface area contributed by atoms with E-state index in [0.717, 1.165) is 6.54 Å². The second kappa shape index (κ2) is 8.49. The van der Waals surface area contributed by atoms with Crippen LogP contribution in [-0.2, 0) is 9.53 Å². The van der Waals surface area contributed by atoms with Crippen LogP contribution in [0.1, 0.15) is 32.7 Å². The number of aromatic nitrogens is 2. The highest BCUT2D eigenvalue weighted by Gasteiger charge is 2.17. The second-order valence-electron chi connectivity index (χ2n) is 4.37. The van der Waals surface area contributed by atoms with Gasteiger partial charge < -0.3 is 25.1 Å². The van der Waals surface area contributed by atoms with Crippen molar-refractivity contribution in [2.75, 3.05) is 32.1 Å². The van der Waals surface area contributed by atoms with Gasteiger partial charge in [-0.1, -0.05) is 12.0 Å². The van der Waals surface area contributed by atoms with Crippen LogP contribution in [0.2, 0.25) is 0 Å². The molecule has 2 atom stereocenters. The van der Waals surface area contributed by atoms with Crippen molar-refractivity contribution in [1.82, 2.24) is 20.8 Å². The molecule has 114 valence electrons. The highest BCUT2D eigenvalue weighted by molar-refractivity contribution is 5.83. The third-order valence-corrected chi connectivity index (χ3v) is 2.66. The molecule has 0 aliphatic carbocycles. The summed E-state index contributed by atoms with van der Waals surface area (Å²) >= 11 is 0. The molecular weight excluding hydrogens is 262 g/mol. The zero-order valence-electron chi connectivity index (χ0n) is 12.4. The molecule has 1 aromatic heterocycles.